The molecule has 0 amide bonds. The summed E-state index contributed by atoms with van der Waals surface area (Å²) in [6.45, 7) is 10.2. The molecule has 0 heterocycles. The van der Waals surface area contributed by atoms with Gasteiger partial charge < -0.3 is 4.74 Å². The van der Waals surface area contributed by atoms with E-state index in [0.29, 0.717) is 6.42 Å². The highest BCUT2D eigenvalue weighted by molar-refractivity contribution is 5.69. The lowest BCUT2D eigenvalue weighted by atomic mass is 10.1. The molecule has 104 valence electrons. The van der Waals surface area contributed by atoms with Gasteiger partial charge in [-0.25, -0.2) is 0 Å². The Morgan fingerprint density at radius 3 is 2.39 bits per heavy atom. The normalized spacial score (nSPS) is 13.1. The summed E-state index contributed by atoms with van der Waals surface area (Å²) in [6.07, 6.45) is 9.14. The third-order valence-electron chi connectivity index (χ3n) is 2.78. The lowest BCUT2D eigenvalue weighted by Gasteiger charge is -2.11. The number of carbonyl (C=O) groups excluding carboxylic acids is 1. The van der Waals surface area contributed by atoms with Gasteiger partial charge in [0.05, 0.1) is 6.10 Å². The molecular formula is C16H28O2. The fourth-order valence-electron chi connectivity index (χ4n) is 1.62. The van der Waals surface area contributed by atoms with E-state index in [0.717, 1.165) is 25.7 Å². The van der Waals surface area contributed by atoms with Gasteiger partial charge in [0, 0.05) is 6.42 Å². The maximum absolute atomic E-state index is 11.1. The van der Waals surface area contributed by atoms with Gasteiger partial charge in [-0.2, -0.15) is 0 Å². The van der Waals surface area contributed by atoms with Crippen molar-refractivity contribution in [3.63, 3.8) is 0 Å². The zero-order valence-electron chi connectivity index (χ0n) is 12.6. The minimum absolute atomic E-state index is 0.0271. The molecule has 0 radical (unpaired) electrons. The maximum atomic E-state index is 11.1. The first kappa shape index (κ1) is 16.9. The van der Waals surface area contributed by atoms with E-state index in [1.807, 2.05) is 13.8 Å². The molecule has 0 aliphatic heterocycles. The molecule has 2 heteroatoms. The molecule has 0 fully saturated rings. The SMILES string of the molecule is CCC(=O)OC(C)CC/C=C(\C)CCC=C(C)C. The summed E-state index contributed by atoms with van der Waals surface area (Å²) in [6, 6.07) is 0. The second-order valence-corrected chi connectivity index (χ2v) is 5.10. The largest absolute Gasteiger partial charge is 0.463 e. The van der Waals surface area contributed by atoms with Crippen LogP contribution in [-0.4, -0.2) is 12.1 Å². The summed E-state index contributed by atoms with van der Waals surface area (Å²) in [5.41, 5.74) is 2.80. The molecule has 1 atom stereocenters. The number of esters is 1. The molecule has 2 nitrogen and oxygen atoms in total. The van der Waals surface area contributed by atoms with Crippen LogP contribution in [0.2, 0.25) is 0 Å². The van der Waals surface area contributed by atoms with Crippen molar-refractivity contribution >= 4 is 5.97 Å². The Labute approximate surface area is 112 Å². The first-order valence-electron chi connectivity index (χ1n) is 6.94. The van der Waals surface area contributed by atoms with Gasteiger partial charge in [0.2, 0.25) is 0 Å². The van der Waals surface area contributed by atoms with Crippen LogP contribution in [-0.2, 0) is 9.53 Å². The highest BCUT2D eigenvalue weighted by atomic mass is 16.5. The molecule has 0 aromatic heterocycles. The predicted molar refractivity (Wildman–Crippen MR) is 77.5 cm³/mol. The molecular weight excluding hydrogens is 224 g/mol. The first-order chi connectivity index (χ1) is 8.45. The molecule has 0 aromatic carbocycles. The Morgan fingerprint density at radius 1 is 1.17 bits per heavy atom. The minimum Gasteiger partial charge on any atom is -0.463 e. The van der Waals surface area contributed by atoms with Crippen LogP contribution in [0.15, 0.2) is 23.3 Å². The van der Waals surface area contributed by atoms with Crippen LogP contribution in [0.3, 0.4) is 0 Å². The predicted octanol–water partition coefficient (Wildman–Crippen LogP) is 4.80. The van der Waals surface area contributed by atoms with Crippen LogP contribution >= 0.6 is 0 Å². The summed E-state index contributed by atoms with van der Waals surface area (Å²) >= 11 is 0. The topological polar surface area (TPSA) is 26.3 Å². The third kappa shape index (κ3) is 10.1. The molecule has 18 heavy (non-hydrogen) atoms. The van der Waals surface area contributed by atoms with Gasteiger partial charge >= 0.3 is 5.97 Å². The Hall–Kier alpha value is -1.05. The summed E-state index contributed by atoms with van der Waals surface area (Å²) in [4.78, 5) is 11.1. The van der Waals surface area contributed by atoms with Crippen molar-refractivity contribution in [1.82, 2.24) is 0 Å². The van der Waals surface area contributed by atoms with Gasteiger partial charge in [-0.15, -0.1) is 0 Å². The van der Waals surface area contributed by atoms with E-state index >= 15 is 0 Å². The van der Waals surface area contributed by atoms with Gasteiger partial charge in [0.15, 0.2) is 0 Å². The van der Waals surface area contributed by atoms with Crippen molar-refractivity contribution in [2.24, 2.45) is 0 Å². The van der Waals surface area contributed by atoms with Crippen LogP contribution in [0.5, 0.6) is 0 Å². The van der Waals surface area contributed by atoms with Crippen LogP contribution in [0.25, 0.3) is 0 Å². The molecule has 0 saturated carbocycles. The molecule has 0 aliphatic carbocycles. The van der Waals surface area contributed by atoms with Gasteiger partial charge in [0.1, 0.15) is 0 Å². The first-order valence-corrected chi connectivity index (χ1v) is 6.94. The molecule has 0 aromatic rings. The molecule has 0 N–H and O–H groups in total. The van der Waals surface area contributed by atoms with E-state index in [1.54, 1.807) is 0 Å². The highest BCUT2D eigenvalue weighted by Crippen LogP contribution is 2.10. The second kappa shape index (κ2) is 9.93. The van der Waals surface area contributed by atoms with Gasteiger partial charge in [-0.1, -0.05) is 30.2 Å². The van der Waals surface area contributed by atoms with E-state index in [1.165, 1.54) is 11.1 Å². The Kier molecular flexibility index (Phi) is 9.35. The quantitative estimate of drug-likeness (QED) is 0.458. The number of rotatable bonds is 8. The summed E-state index contributed by atoms with van der Waals surface area (Å²) in [5.74, 6) is -0.105. The monoisotopic (exact) mass is 252 g/mol. The summed E-state index contributed by atoms with van der Waals surface area (Å²) in [7, 11) is 0. The fraction of sp³-hybridized carbons (Fsp3) is 0.688. The number of carbonyl (C=O) groups is 1. The van der Waals surface area contributed by atoms with Crippen molar-refractivity contribution in [1.29, 1.82) is 0 Å². The van der Waals surface area contributed by atoms with Crippen molar-refractivity contribution in [3.05, 3.63) is 23.3 Å². The summed E-state index contributed by atoms with van der Waals surface area (Å²) < 4.78 is 5.22. The Balaban J connectivity index is 3.79. The molecule has 0 aliphatic rings. The molecule has 0 saturated heterocycles. The number of ether oxygens (including phenoxy) is 1. The number of hydrogen-bond donors (Lipinski definition) is 0. The molecule has 0 bridgehead atoms. The maximum Gasteiger partial charge on any atom is 0.305 e. The lowest BCUT2D eigenvalue weighted by Crippen LogP contribution is -2.13. The Morgan fingerprint density at radius 2 is 1.83 bits per heavy atom. The lowest BCUT2D eigenvalue weighted by molar-refractivity contribution is -0.148. The van der Waals surface area contributed by atoms with Crippen LogP contribution in [0, 0.1) is 0 Å². The van der Waals surface area contributed by atoms with E-state index in [2.05, 4.69) is 32.9 Å². The standard InChI is InChI=1S/C16H28O2/c1-6-16(17)18-15(5)12-8-11-14(4)10-7-9-13(2)3/h9,11,15H,6-8,10,12H2,1-5H3/b14-11+. The zero-order chi connectivity index (χ0) is 14.0. The van der Waals surface area contributed by atoms with E-state index in [4.69, 9.17) is 4.74 Å². The van der Waals surface area contributed by atoms with Crippen LogP contribution < -0.4 is 0 Å². The minimum atomic E-state index is -0.105. The van der Waals surface area contributed by atoms with Crippen molar-refractivity contribution in [3.8, 4) is 0 Å². The summed E-state index contributed by atoms with van der Waals surface area (Å²) in [5, 5.41) is 0. The average Bonchev–Trinajstić information content (AvgIpc) is 2.28. The van der Waals surface area contributed by atoms with Gasteiger partial charge in [-0.05, 0) is 53.4 Å². The van der Waals surface area contributed by atoms with Crippen LogP contribution in [0.1, 0.15) is 66.7 Å². The number of hydrogen-bond acceptors (Lipinski definition) is 2. The van der Waals surface area contributed by atoms with E-state index < -0.39 is 0 Å². The highest BCUT2D eigenvalue weighted by Gasteiger charge is 2.05. The molecule has 0 spiro atoms. The van der Waals surface area contributed by atoms with Crippen LogP contribution in [0.4, 0.5) is 0 Å². The van der Waals surface area contributed by atoms with E-state index in [9.17, 15) is 4.79 Å². The zero-order valence-corrected chi connectivity index (χ0v) is 12.6. The second-order valence-electron chi connectivity index (χ2n) is 5.10. The van der Waals surface area contributed by atoms with Crippen molar-refractivity contribution in [2.45, 2.75) is 72.8 Å². The van der Waals surface area contributed by atoms with Gasteiger partial charge in [-0.3, -0.25) is 4.79 Å². The molecule has 0 rings (SSSR count). The van der Waals surface area contributed by atoms with E-state index in [-0.39, 0.29) is 12.1 Å². The smallest absolute Gasteiger partial charge is 0.305 e. The average molecular weight is 252 g/mol. The van der Waals surface area contributed by atoms with Gasteiger partial charge in [0.25, 0.3) is 0 Å². The number of allylic oxidation sites excluding steroid dienone is 4. The Bertz CT molecular complexity index is 296. The fourth-order valence-corrected chi connectivity index (χ4v) is 1.62. The van der Waals surface area contributed by atoms with Crippen molar-refractivity contribution in [2.75, 3.05) is 0 Å². The van der Waals surface area contributed by atoms with Crippen molar-refractivity contribution < 1.29 is 9.53 Å². The molecule has 1 unspecified atom stereocenters. The third-order valence-corrected chi connectivity index (χ3v) is 2.78.